The molecule has 0 aliphatic carbocycles. The van der Waals surface area contributed by atoms with Gasteiger partial charge in [0.25, 0.3) is 5.91 Å². The van der Waals surface area contributed by atoms with E-state index in [1.54, 1.807) is 6.92 Å². The van der Waals surface area contributed by atoms with E-state index in [4.69, 9.17) is 4.74 Å². The van der Waals surface area contributed by atoms with Crippen molar-refractivity contribution in [3.8, 4) is 0 Å². The minimum atomic E-state index is -4.56. The quantitative estimate of drug-likeness (QED) is 0.611. The Morgan fingerprint density at radius 1 is 1.23 bits per heavy atom. The molecule has 1 amide bonds. The molecule has 9 heteroatoms. The minimum Gasteiger partial charge on any atom is -0.462 e. The molecular formula is C22H25F3N2O3S. The van der Waals surface area contributed by atoms with E-state index in [1.807, 2.05) is 27.7 Å². The van der Waals surface area contributed by atoms with Crippen LogP contribution < -0.4 is 10.6 Å². The number of carbonyl (C=O) groups excluding carboxylic acids is 2. The fraction of sp³-hybridized carbons (Fsp3) is 0.455. The van der Waals surface area contributed by atoms with Gasteiger partial charge in [0, 0.05) is 21.5 Å². The molecule has 2 N–H and O–H groups in total. The van der Waals surface area contributed by atoms with Crippen molar-refractivity contribution in [1.82, 2.24) is 5.32 Å². The maximum atomic E-state index is 13.0. The third-order valence-corrected chi connectivity index (χ3v) is 6.47. The fourth-order valence-electron chi connectivity index (χ4n) is 4.05. The predicted octanol–water partition coefficient (Wildman–Crippen LogP) is 5.36. The van der Waals surface area contributed by atoms with Gasteiger partial charge in [0.05, 0.1) is 17.7 Å². The Bertz CT molecular complexity index is 1030. The largest absolute Gasteiger partial charge is 0.462 e. The van der Waals surface area contributed by atoms with Gasteiger partial charge in [0.2, 0.25) is 0 Å². The fourth-order valence-corrected chi connectivity index (χ4v) is 5.31. The molecule has 0 unspecified atom stereocenters. The average Bonchev–Trinajstić information content (AvgIpc) is 2.98. The molecule has 0 atom stereocenters. The Morgan fingerprint density at radius 2 is 1.90 bits per heavy atom. The summed E-state index contributed by atoms with van der Waals surface area (Å²) in [4.78, 5) is 26.5. The summed E-state index contributed by atoms with van der Waals surface area (Å²) in [5.74, 6) is -1.28. The lowest BCUT2D eigenvalue weighted by molar-refractivity contribution is -0.137. The molecule has 168 valence electrons. The molecule has 1 aromatic carbocycles. The van der Waals surface area contributed by atoms with Crippen molar-refractivity contribution in [1.29, 1.82) is 0 Å². The number of hydrogen-bond acceptors (Lipinski definition) is 5. The van der Waals surface area contributed by atoms with Gasteiger partial charge in [-0.2, -0.15) is 13.2 Å². The van der Waals surface area contributed by atoms with Gasteiger partial charge in [-0.05, 0) is 64.8 Å². The first-order chi connectivity index (χ1) is 14.2. The molecular weight excluding hydrogens is 429 g/mol. The molecule has 2 aromatic rings. The number of benzene rings is 1. The smallest absolute Gasteiger partial charge is 0.416 e. The average molecular weight is 455 g/mol. The zero-order chi connectivity index (χ0) is 23.2. The number of rotatable bonds is 4. The number of thiophene rings is 1. The Morgan fingerprint density at radius 3 is 2.52 bits per heavy atom. The molecule has 31 heavy (non-hydrogen) atoms. The summed E-state index contributed by atoms with van der Waals surface area (Å²) in [5.41, 5.74) is -0.776. The summed E-state index contributed by atoms with van der Waals surface area (Å²) in [5, 5.41) is 6.46. The predicted molar refractivity (Wildman–Crippen MR) is 114 cm³/mol. The van der Waals surface area contributed by atoms with Gasteiger partial charge < -0.3 is 15.4 Å². The van der Waals surface area contributed by atoms with Crippen molar-refractivity contribution in [2.75, 3.05) is 11.9 Å². The zero-order valence-corrected chi connectivity index (χ0v) is 18.8. The van der Waals surface area contributed by atoms with E-state index in [0.717, 1.165) is 22.6 Å². The number of carbonyl (C=O) groups is 2. The van der Waals surface area contributed by atoms with Crippen molar-refractivity contribution in [2.24, 2.45) is 0 Å². The second-order valence-electron chi connectivity index (χ2n) is 8.68. The highest BCUT2D eigenvalue weighted by molar-refractivity contribution is 7.17. The summed E-state index contributed by atoms with van der Waals surface area (Å²) in [6.45, 7) is 9.85. The Kier molecular flexibility index (Phi) is 5.96. The molecule has 5 nitrogen and oxygen atoms in total. The number of halogens is 3. The molecule has 0 fully saturated rings. The number of nitrogens with one attached hydrogen (secondary N) is 2. The molecule has 1 aliphatic rings. The van der Waals surface area contributed by atoms with Crippen LogP contribution in [0.2, 0.25) is 0 Å². The molecule has 1 aromatic heterocycles. The number of alkyl halides is 3. The van der Waals surface area contributed by atoms with Crippen molar-refractivity contribution in [3.63, 3.8) is 0 Å². The van der Waals surface area contributed by atoms with Gasteiger partial charge in [0.15, 0.2) is 0 Å². The molecule has 0 radical (unpaired) electrons. The van der Waals surface area contributed by atoms with Gasteiger partial charge in [0.1, 0.15) is 5.00 Å². The number of anilines is 1. The highest BCUT2D eigenvalue weighted by Crippen LogP contribution is 2.45. The van der Waals surface area contributed by atoms with Crippen molar-refractivity contribution in [2.45, 2.75) is 58.3 Å². The lowest BCUT2D eigenvalue weighted by Crippen LogP contribution is -2.55. The molecule has 0 spiro atoms. The van der Waals surface area contributed by atoms with E-state index < -0.39 is 29.2 Å². The van der Waals surface area contributed by atoms with Crippen LogP contribution in [0.1, 0.15) is 71.3 Å². The topological polar surface area (TPSA) is 67.4 Å². The highest BCUT2D eigenvalue weighted by Gasteiger charge is 2.42. The van der Waals surface area contributed by atoms with E-state index >= 15 is 0 Å². The maximum absolute atomic E-state index is 13.0. The van der Waals surface area contributed by atoms with Crippen LogP contribution in [0.25, 0.3) is 0 Å². The molecule has 3 rings (SSSR count). The first-order valence-electron chi connectivity index (χ1n) is 9.86. The summed E-state index contributed by atoms with van der Waals surface area (Å²) < 4.78 is 44.3. The third kappa shape index (κ3) is 4.77. The van der Waals surface area contributed by atoms with E-state index in [0.29, 0.717) is 6.42 Å². The summed E-state index contributed by atoms with van der Waals surface area (Å²) in [6, 6.07) is 4.18. The summed E-state index contributed by atoms with van der Waals surface area (Å²) >= 11 is 1.24. The van der Waals surface area contributed by atoms with Crippen LogP contribution in [0.3, 0.4) is 0 Å². The number of hydrogen-bond donors (Lipinski definition) is 2. The summed E-state index contributed by atoms with van der Waals surface area (Å²) in [7, 11) is 0. The van der Waals surface area contributed by atoms with Gasteiger partial charge >= 0.3 is 12.1 Å². The van der Waals surface area contributed by atoms with E-state index in [1.165, 1.54) is 23.5 Å². The van der Waals surface area contributed by atoms with Crippen LogP contribution in [0, 0.1) is 0 Å². The Hall–Kier alpha value is -2.39. The van der Waals surface area contributed by atoms with E-state index in [2.05, 4.69) is 10.6 Å². The standard InChI is InChI=1S/C22H25F3N2O3S/c1-6-30-19(29)15-14-11-20(2,3)27-21(4,5)16(14)31-18(15)26-17(28)12-8-7-9-13(10-12)22(23,24)25/h7-10,27H,6,11H2,1-5H3,(H,26,28). The van der Waals surface area contributed by atoms with Crippen LogP contribution in [0.15, 0.2) is 24.3 Å². The lowest BCUT2D eigenvalue weighted by Gasteiger charge is -2.42. The minimum absolute atomic E-state index is 0.145. The lowest BCUT2D eigenvalue weighted by atomic mass is 9.81. The number of ether oxygens (including phenoxy) is 1. The Labute approximate surface area is 183 Å². The second-order valence-corrected chi connectivity index (χ2v) is 9.70. The van der Waals surface area contributed by atoms with Gasteiger partial charge in [-0.15, -0.1) is 11.3 Å². The van der Waals surface area contributed by atoms with Gasteiger partial charge in [-0.1, -0.05) is 6.07 Å². The van der Waals surface area contributed by atoms with E-state index in [-0.39, 0.29) is 28.3 Å². The van der Waals surface area contributed by atoms with Crippen LogP contribution in [-0.2, 0) is 22.9 Å². The Balaban J connectivity index is 2.05. The molecule has 0 bridgehead atoms. The number of fused-ring (bicyclic) bond motifs is 1. The molecule has 2 heterocycles. The summed E-state index contributed by atoms with van der Waals surface area (Å²) in [6.07, 6.45) is -4.02. The molecule has 0 saturated carbocycles. The maximum Gasteiger partial charge on any atom is 0.416 e. The third-order valence-electron chi connectivity index (χ3n) is 5.00. The van der Waals surface area contributed by atoms with Crippen molar-refractivity contribution in [3.05, 3.63) is 51.4 Å². The van der Waals surface area contributed by atoms with Crippen LogP contribution in [-0.4, -0.2) is 24.0 Å². The molecule has 0 saturated heterocycles. The van der Waals surface area contributed by atoms with Gasteiger partial charge in [-0.25, -0.2) is 4.79 Å². The highest BCUT2D eigenvalue weighted by atomic mass is 32.1. The van der Waals surface area contributed by atoms with Crippen LogP contribution in [0.4, 0.5) is 18.2 Å². The number of amides is 1. The molecule has 1 aliphatic heterocycles. The van der Waals surface area contributed by atoms with Crippen molar-refractivity contribution >= 4 is 28.2 Å². The second kappa shape index (κ2) is 7.94. The SMILES string of the molecule is CCOC(=O)c1c(NC(=O)c2cccc(C(F)(F)F)c2)sc2c1CC(C)(C)NC2(C)C. The monoisotopic (exact) mass is 454 g/mol. The normalized spacial score (nSPS) is 17.0. The van der Waals surface area contributed by atoms with Gasteiger partial charge in [-0.3, -0.25) is 4.79 Å². The van der Waals surface area contributed by atoms with Crippen LogP contribution >= 0.6 is 11.3 Å². The zero-order valence-electron chi connectivity index (χ0n) is 18.0. The first kappa shape index (κ1) is 23.3. The first-order valence-corrected chi connectivity index (χ1v) is 10.7. The van der Waals surface area contributed by atoms with Crippen LogP contribution in [0.5, 0.6) is 0 Å². The van der Waals surface area contributed by atoms with E-state index in [9.17, 15) is 22.8 Å². The number of esters is 1. The van der Waals surface area contributed by atoms with Crippen molar-refractivity contribution < 1.29 is 27.5 Å².